The topological polar surface area (TPSA) is 190 Å². The predicted octanol–water partition coefficient (Wildman–Crippen LogP) is 2.25. The van der Waals surface area contributed by atoms with E-state index in [4.69, 9.17) is 0 Å². The number of hydrogen-bond donors (Lipinski definition) is 3. The second-order valence-electron chi connectivity index (χ2n) is 14.9. The number of likely N-dealkylation sites (tertiary alicyclic amines) is 1. The fraction of sp³-hybridized carbons (Fsp3) is 0.439. The molecule has 1 unspecified atom stereocenters. The Hall–Kier alpha value is -6.19. The van der Waals surface area contributed by atoms with Crippen molar-refractivity contribution in [3.8, 4) is 0 Å². The van der Waals surface area contributed by atoms with Crippen LogP contribution in [0.3, 0.4) is 0 Å². The average Bonchev–Trinajstić information content (AvgIpc) is 3.58. The molecule has 298 valence electrons. The van der Waals surface area contributed by atoms with Crippen molar-refractivity contribution in [1.29, 1.82) is 0 Å². The predicted molar refractivity (Wildman–Crippen MR) is 211 cm³/mol. The summed E-state index contributed by atoms with van der Waals surface area (Å²) >= 11 is 0. The first kappa shape index (κ1) is 39.1. The number of rotatable bonds is 13. The molecule has 57 heavy (non-hydrogen) atoms. The molecule has 0 spiro atoms. The first-order valence-electron chi connectivity index (χ1n) is 19.8. The van der Waals surface area contributed by atoms with Gasteiger partial charge in [-0.2, -0.15) is 0 Å². The number of carbonyl (C=O) groups is 6. The van der Waals surface area contributed by atoms with Crippen LogP contribution in [0.2, 0.25) is 0 Å². The summed E-state index contributed by atoms with van der Waals surface area (Å²) in [6.45, 7) is 4.36. The molecule has 3 N–H and O–H groups in total. The first-order valence-corrected chi connectivity index (χ1v) is 19.8. The van der Waals surface area contributed by atoms with E-state index in [1.807, 2.05) is 34.1 Å². The van der Waals surface area contributed by atoms with Crippen LogP contribution in [0.25, 0.3) is 6.08 Å². The maximum absolute atomic E-state index is 13.2. The number of pyridine rings is 1. The van der Waals surface area contributed by atoms with E-state index in [2.05, 4.69) is 31.1 Å². The van der Waals surface area contributed by atoms with Crippen molar-refractivity contribution in [2.45, 2.75) is 57.5 Å². The van der Waals surface area contributed by atoms with Gasteiger partial charge in [-0.05, 0) is 73.6 Å². The Balaban J connectivity index is 0.795. The molecule has 16 nitrogen and oxygen atoms in total. The van der Waals surface area contributed by atoms with Gasteiger partial charge in [0, 0.05) is 94.1 Å². The van der Waals surface area contributed by atoms with Crippen molar-refractivity contribution in [3.05, 3.63) is 83.3 Å². The summed E-state index contributed by atoms with van der Waals surface area (Å²) in [5, 5.41) is 17.1. The van der Waals surface area contributed by atoms with Gasteiger partial charge in [0.1, 0.15) is 6.04 Å². The van der Waals surface area contributed by atoms with E-state index < -0.39 is 11.9 Å². The Morgan fingerprint density at radius 3 is 2.44 bits per heavy atom. The molecular weight excluding hydrogens is 729 g/mol. The number of fused-ring (bicyclic) bond motifs is 1. The Morgan fingerprint density at radius 1 is 0.877 bits per heavy atom. The summed E-state index contributed by atoms with van der Waals surface area (Å²) < 4.78 is 0. The van der Waals surface area contributed by atoms with Gasteiger partial charge >= 0.3 is 0 Å². The fourth-order valence-corrected chi connectivity index (χ4v) is 7.89. The number of piperidine rings is 2. The Morgan fingerprint density at radius 2 is 1.70 bits per heavy atom. The SMILES string of the molecule is O=C(/C=C/c1cccnc1)NCCCCC1CCN(C(=O)c2ccc(N3CCN(C(=O)CNc4cccc5c4CN(C4CCC(=O)NC4=O)C5=O)CC3)nn2)CC1. The minimum atomic E-state index is -0.707. The molecule has 4 aliphatic heterocycles. The Bertz CT molecular complexity index is 1990. The largest absolute Gasteiger partial charge is 0.376 e. The maximum atomic E-state index is 13.2. The third-order valence-corrected chi connectivity index (χ3v) is 11.2. The normalized spacial score (nSPS) is 18.8. The molecule has 0 aliphatic carbocycles. The lowest BCUT2D eigenvalue weighted by Crippen LogP contribution is -2.52. The van der Waals surface area contributed by atoms with Crippen molar-refractivity contribution in [2.24, 2.45) is 5.92 Å². The number of hydrogen-bond acceptors (Lipinski definition) is 11. The number of imide groups is 1. The lowest BCUT2D eigenvalue weighted by atomic mass is 9.91. The highest BCUT2D eigenvalue weighted by molar-refractivity contribution is 6.06. The Labute approximate surface area is 331 Å². The second-order valence-corrected chi connectivity index (χ2v) is 14.9. The summed E-state index contributed by atoms with van der Waals surface area (Å²) in [5.41, 5.74) is 3.08. The number of carbonyl (C=O) groups excluding carboxylic acids is 6. The summed E-state index contributed by atoms with van der Waals surface area (Å²) in [6.07, 6.45) is 12.0. The molecule has 6 heterocycles. The van der Waals surface area contributed by atoms with Gasteiger partial charge in [0.25, 0.3) is 11.8 Å². The zero-order valence-electron chi connectivity index (χ0n) is 31.9. The molecule has 4 aliphatic rings. The molecule has 1 atom stereocenters. The molecule has 3 fully saturated rings. The lowest BCUT2D eigenvalue weighted by molar-refractivity contribution is -0.137. The van der Waals surface area contributed by atoms with Crippen molar-refractivity contribution in [1.82, 2.24) is 40.5 Å². The van der Waals surface area contributed by atoms with Gasteiger partial charge < -0.3 is 30.2 Å². The monoisotopic (exact) mass is 776 g/mol. The van der Waals surface area contributed by atoms with E-state index >= 15 is 0 Å². The number of nitrogens with one attached hydrogen (secondary N) is 3. The van der Waals surface area contributed by atoms with E-state index in [9.17, 15) is 28.8 Å². The Kier molecular flexibility index (Phi) is 12.5. The molecule has 7 rings (SSSR count). The van der Waals surface area contributed by atoms with Gasteiger partial charge in [0.2, 0.25) is 23.6 Å². The van der Waals surface area contributed by atoms with Crippen molar-refractivity contribution >= 4 is 53.0 Å². The molecule has 3 aromatic rings. The number of benzene rings is 1. The van der Waals surface area contributed by atoms with E-state index in [-0.39, 0.29) is 55.5 Å². The third kappa shape index (κ3) is 9.62. The van der Waals surface area contributed by atoms with E-state index in [1.54, 1.807) is 41.6 Å². The molecule has 0 bridgehead atoms. The van der Waals surface area contributed by atoms with Crippen LogP contribution < -0.4 is 20.9 Å². The fourth-order valence-electron chi connectivity index (χ4n) is 7.89. The van der Waals surface area contributed by atoms with Crippen LogP contribution >= 0.6 is 0 Å². The van der Waals surface area contributed by atoms with Crippen LogP contribution in [0.4, 0.5) is 11.5 Å². The van der Waals surface area contributed by atoms with Crippen LogP contribution in [0, 0.1) is 5.92 Å². The maximum Gasteiger partial charge on any atom is 0.274 e. The number of unbranched alkanes of at least 4 members (excludes halogenated alkanes) is 1. The molecule has 0 radical (unpaired) electrons. The number of piperazine rings is 1. The molecule has 1 aromatic carbocycles. The summed E-state index contributed by atoms with van der Waals surface area (Å²) in [6, 6.07) is 11.8. The molecule has 16 heteroatoms. The van der Waals surface area contributed by atoms with Crippen LogP contribution in [-0.2, 0) is 25.7 Å². The minimum absolute atomic E-state index is 0.0446. The minimum Gasteiger partial charge on any atom is -0.376 e. The van der Waals surface area contributed by atoms with Gasteiger partial charge in [-0.15, -0.1) is 10.2 Å². The van der Waals surface area contributed by atoms with Gasteiger partial charge in [-0.3, -0.25) is 39.1 Å². The lowest BCUT2D eigenvalue weighted by Gasteiger charge is -2.35. The smallest absolute Gasteiger partial charge is 0.274 e. The van der Waals surface area contributed by atoms with Gasteiger partial charge in [-0.25, -0.2) is 0 Å². The van der Waals surface area contributed by atoms with Crippen LogP contribution in [0.5, 0.6) is 0 Å². The van der Waals surface area contributed by atoms with Crippen molar-refractivity contribution < 1.29 is 28.8 Å². The van der Waals surface area contributed by atoms with Crippen LogP contribution in [0.1, 0.15) is 76.9 Å². The van der Waals surface area contributed by atoms with Gasteiger partial charge in [-0.1, -0.05) is 25.0 Å². The quantitative estimate of drug-likeness (QED) is 0.131. The van der Waals surface area contributed by atoms with E-state index in [1.165, 1.54) is 11.0 Å². The first-order chi connectivity index (χ1) is 27.7. The van der Waals surface area contributed by atoms with Gasteiger partial charge in [0.05, 0.1) is 6.54 Å². The molecule has 6 amide bonds. The van der Waals surface area contributed by atoms with E-state index in [0.717, 1.165) is 43.2 Å². The molecule has 2 aromatic heterocycles. The molecular formula is C41H48N10O6. The number of amides is 6. The molecule has 0 saturated carbocycles. The highest BCUT2D eigenvalue weighted by Crippen LogP contribution is 2.32. The summed E-state index contributed by atoms with van der Waals surface area (Å²) in [7, 11) is 0. The van der Waals surface area contributed by atoms with Crippen molar-refractivity contribution in [3.63, 3.8) is 0 Å². The summed E-state index contributed by atoms with van der Waals surface area (Å²) in [4.78, 5) is 86.9. The van der Waals surface area contributed by atoms with Crippen molar-refractivity contribution in [2.75, 3.05) is 62.6 Å². The second kappa shape index (κ2) is 18.2. The third-order valence-electron chi connectivity index (χ3n) is 11.2. The highest BCUT2D eigenvalue weighted by Gasteiger charge is 2.40. The number of aromatic nitrogens is 3. The summed E-state index contributed by atoms with van der Waals surface area (Å²) in [5.74, 6) is -0.166. The highest BCUT2D eigenvalue weighted by atomic mass is 16.2. The van der Waals surface area contributed by atoms with E-state index in [0.29, 0.717) is 74.5 Å². The zero-order chi connectivity index (χ0) is 39.7. The zero-order valence-corrected chi connectivity index (χ0v) is 31.9. The van der Waals surface area contributed by atoms with Crippen LogP contribution in [0.15, 0.2) is 60.9 Å². The number of anilines is 2. The average molecular weight is 777 g/mol. The van der Waals surface area contributed by atoms with Gasteiger partial charge in [0.15, 0.2) is 11.5 Å². The standard InChI is InChI=1S/C41H48N10O6/c52-36(13-9-29-6-4-17-42-25-29)43-18-2-1-5-28-15-19-50(20-16-28)41(57)33-10-12-35(47-46-33)48-21-23-49(24-22-48)38(54)26-44-32-8-3-7-30-31(32)27-51(40(30)56)34-11-14-37(53)45-39(34)55/h3-4,6-10,12-13,17,25,28,34,44H,1-2,5,11,14-16,18-24,26-27H2,(H,43,52)(H,45,53,55)/b13-9+. The molecule has 3 saturated heterocycles. The van der Waals surface area contributed by atoms with Crippen LogP contribution in [-0.4, -0.2) is 124 Å². The number of nitrogens with zero attached hydrogens (tertiary/aromatic N) is 7.